The summed E-state index contributed by atoms with van der Waals surface area (Å²) in [5, 5.41) is 18.4. The third-order valence-corrected chi connectivity index (χ3v) is 5.32. The summed E-state index contributed by atoms with van der Waals surface area (Å²) < 4.78 is 27.2. The van der Waals surface area contributed by atoms with Gasteiger partial charge in [-0.15, -0.1) is 0 Å². The molecule has 0 aliphatic heterocycles. The van der Waals surface area contributed by atoms with Crippen molar-refractivity contribution in [1.29, 1.82) is 0 Å². The van der Waals surface area contributed by atoms with Gasteiger partial charge in [0.25, 0.3) is 0 Å². The van der Waals surface area contributed by atoms with Crippen LogP contribution in [0.1, 0.15) is 43.5 Å². The number of carbonyl (C=O) groups is 1. The molecule has 0 amide bonds. The highest BCUT2D eigenvalue weighted by Gasteiger charge is 2.33. The molecule has 1 saturated carbocycles. The van der Waals surface area contributed by atoms with Gasteiger partial charge in [-0.2, -0.15) is 0 Å². The van der Waals surface area contributed by atoms with Gasteiger partial charge in [0.2, 0.25) is 10.0 Å². The first-order valence-corrected chi connectivity index (χ1v) is 8.18. The van der Waals surface area contributed by atoms with Gasteiger partial charge in [-0.1, -0.05) is 13.8 Å². The van der Waals surface area contributed by atoms with Crippen molar-refractivity contribution in [3.8, 4) is 5.75 Å². The number of carboxylic acid groups (broad SMARTS) is 1. The number of hydrogen-bond acceptors (Lipinski definition) is 4. The van der Waals surface area contributed by atoms with E-state index in [0.717, 1.165) is 31.4 Å². The van der Waals surface area contributed by atoms with E-state index >= 15 is 0 Å². The van der Waals surface area contributed by atoms with Crippen LogP contribution in [0, 0.1) is 5.41 Å². The van der Waals surface area contributed by atoms with E-state index in [0.29, 0.717) is 0 Å². The molecule has 0 heterocycles. The van der Waals surface area contributed by atoms with E-state index in [9.17, 15) is 18.3 Å². The number of sulfonamides is 1. The molecule has 0 aromatic heterocycles. The maximum absolute atomic E-state index is 12.3. The predicted octanol–water partition coefficient (Wildman–Crippen LogP) is 1.95. The maximum Gasteiger partial charge on any atom is 0.339 e. The molecule has 2 rings (SSSR count). The lowest BCUT2D eigenvalue weighted by molar-refractivity contribution is 0.0693. The largest absolute Gasteiger partial charge is 0.507 e. The van der Waals surface area contributed by atoms with E-state index in [1.54, 1.807) is 0 Å². The van der Waals surface area contributed by atoms with Crippen LogP contribution < -0.4 is 4.72 Å². The summed E-state index contributed by atoms with van der Waals surface area (Å²) in [7, 11) is -3.79. The lowest BCUT2D eigenvalue weighted by atomic mass is 9.92. The van der Waals surface area contributed by atoms with Crippen molar-refractivity contribution in [3.05, 3.63) is 23.8 Å². The predicted molar refractivity (Wildman–Crippen MR) is 76.8 cm³/mol. The zero-order chi connectivity index (χ0) is 15.8. The monoisotopic (exact) mass is 313 g/mol. The standard InChI is InChI=1S/C14H19NO5S/c1-14(2)6-5-9(8-14)15-21(19,20)10-3-4-12(16)11(7-10)13(17)18/h3-4,7,9,15-16H,5-6,8H2,1-2H3,(H,17,18). The molecular formula is C14H19NO5S. The third kappa shape index (κ3) is 3.54. The number of phenols is 1. The Morgan fingerprint density at radius 1 is 1.38 bits per heavy atom. The minimum atomic E-state index is -3.79. The first-order chi connectivity index (χ1) is 9.61. The fourth-order valence-corrected chi connectivity index (χ4v) is 3.97. The van der Waals surface area contributed by atoms with Gasteiger partial charge in [0.05, 0.1) is 4.90 Å². The van der Waals surface area contributed by atoms with Crippen LogP contribution in [-0.4, -0.2) is 30.6 Å². The summed E-state index contributed by atoms with van der Waals surface area (Å²) >= 11 is 0. The van der Waals surface area contributed by atoms with Crippen molar-refractivity contribution in [2.24, 2.45) is 5.41 Å². The highest BCUT2D eigenvalue weighted by atomic mass is 32.2. The Balaban J connectivity index is 2.24. The van der Waals surface area contributed by atoms with Crippen molar-refractivity contribution in [2.45, 2.75) is 44.0 Å². The quantitative estimate of drug-likeness (QED) is 0.788. The van der Waals surface area contributed by atoms with E-state index in [1.807, 2.05) is 0 Å². The summed E-state index contributed by atoms with van der Waals surface area (Å²) in [6.07, 6.45) is 2.45. The van der Waals surface area contributed by atoms with Crippen molar-refractivity contribution < 1.29 is 23.4 Å². The van der Waals surface area contributed by atoms with Crippen molar-refractivity contribution in [3.63, 3.8) is 0 Å². The maximum atomic E-state index is 12.3. The third-order valence-electron chi connectivity index (χ3n) is 3.80. The first kappa shape index (κ1) is 15.8. The van der Waals surface area contributed by atoms with Crippen LogP contribution in [-0.2, 0) is 10.0 Å². The van der Waals surface area contributed by atoms with E-state index in [1.165, 1.54) is 6.07 Å². The smallest absolute Gasteiger partial charge is 0.339 e. The average molecular weight is 313 g/mol. The van der Waals surface area contributed by atoms with E-state index in [-0.39, 0.29) is 16.4 Å². The zero-order valence-electron chi connectivity index (χ0n) is 12.0. The summed E-state index contributed by atoms with van der Waals surface area (Å²) in [4.78, 5) is 10.8. The molecule has 1 unspecified atom stereocenters. The molecule has 6 nitrogen and oxygen atoms in total. The summed E-state index contributed by atoms with van der Waals surface area (Å²) in [5.74, 6) is -1.82. The van der Waals surface area contributed by atoms with Gasteiger partial charge in [-0.3, -0.25) is 0 Å². The Hall–Kier alpha value is -1.60. The minimum absolute atomic E-state index is 0.106. The van der Waals surface area contributed by atoms with Crippen molar-refractivity contribution >= 4 is 16.0 Å². The Morgan fingerprint density at radius 2 is 2.05 bits per heavy atom. The first-order valence-electron chi connectivity index (χ1n) is 6.69. The molecule has 1 fully saturated rings. The number of benzene rings is 1. The number of hydrogen-bond donors (Lipinski definition) is 3. The van der Waals surface area contributed by atoms with E-state index in [2.05, 4.69) is 18.6 Å². The lowest BCUT2D eigenvalue weighted by Gasteiger charge is -2.18. The Labute approximate surface area is 123 Å². The van der Waals surface area contributed by atoms with Gasteiger partial charge >= 0.3 is 5.97 Å². The molecule has 116 valence electrons. The molecule has 0 saturated heterocycles. The highest BCUT2D eigenvalue weighted by Crippen LogP contribution is 2.37. The molecule has 1 aliphatic carbocycles. The average Bonchev–Trinajstić information content (AvgIpc) is 2.67. The number of carboxylic acids is 1. The molecule has 1 aromatic rings. The molecule has 1 aromatic carbocycles. The molecule has 0 bridgehead atoms. The molecular weight excluding hydrogens is 294 g/mol. The summed E-state index contributed by atoms with van der Waals surface area (Å²) in [6.45, 7) is 4.18. The van der Waals surface area contributed by atoms with Gasteiger partial charge in [-0.25, -0.2) is 17.9 Å². The number of rotatable bonds is 4. The SMILES string of the molecule is CC1(C)CCC(NS(=O)(=O)c2ccc(O)c(C(=O)O)c2)C1. The van der Waals surface area contributed by atoms with Crippen LogP contribution in [0.25, 0.3) is 0 Å². The van der Waals surface area contributed by atoms with Crippen LogP contribution in [0.15, 0.2) is 23.1 Å². The molecule has 3 N–H and O–H groups in total. The molecule has 0 radical (unpaired) electrons. The Morgan fingerprint density at radius 3 is 2.57 bits per heavy atom. The second-order valence-electron chi connectivity index (χ2n) is 6.21. The highest BCUT2D eigenvalue weighted by molar-refractivity contribution is 7.89. The van der Waals surface area contributed by atoms with Crippen LogP contribution >= 0.6 is 0 Å². The van der Waals surface area contributed by atoms with Gasteiger partial charge < -0.3 is 10.2 Å². The Kier molecular flexibility index (Phi) is 3.99. The van der Waals surface area contributed by atoms with Gasteiger partial charge in [0, 0.05) is 6.04 Å². The molecule has 7 heteroatoms. The number of aromatic hydroxyl groups is 1. The van der Waals surface area contributed by atoms with Crippen LogP contribution in [0.2, 0.25) is 0 Å². The van der Waals surface area contributed by atoms with Crippen LogP contribution in [0.4, 0.5) is 0 Å². The van der Waals surface area contributed by atoms with Crippen molar-refractivity contribution in [2.75, 3.05) is 0 Å². The van der Waals surface area contributed by atoms with Crippen LogP contribution in [0.3, 0.4) is 0 Å². The Bertz CT molecular complexity index is 666. The minimum Gasteiger partial charge on any atom is -0.507 e. The molecule has 1 atom stereocenters. The fraction of sp³-hybridized carbons (Fsp3) is 0.500. The van der Waals surface area contributed by atoms with Crippen molar-refractivity contribution in [1.82, 2.24) is 4.72 Å². The second kappa shape index (κ2) is 5.31. The van der Waals surface area contributed by atoms with E-state index < -0.39 is 27.3 Å². The number of aromatic carboxylic acids is 1. The normalized spacial score (nSPS) is 21.3. The molecule has 1 aliphatic rings. The topological polar surface area (TPSA) is 104 Å². The fourth-order valence-electron chi connectivity index (χ4n) is 2.68. The van der Waals surface area contributed by atoms with Gasteiger partial charge in [-0.05, 0) is 42.9 Å². The molecule has 0 spiro atoms. The number of nitrogens with one attached hydrogen (secondary N) is 1. The van der Waals surface area contributed by atoms with Gasteiger partial charge in [0.15, 0.2) is 0 Å². The second-order valence-corrected chi connectivity index (χ2v) is 7.92. The summed E-state index contributed by atoms with van der Waals surface area (Å²) in [5.41, 5.74) is -0.321. The summed E-state index contributed by atoms with van der Waals surface area (Å²) in [6, 6.07) is 3.10. The molecule has 21 heavy (non-hydrogen) atoms. The lowest BCUT2D eigenvalue weighted by Crippen LogP contribution is -2.33. The van der Waals surface area contributed by atoms with E-state index in [4.69, 9.17) is 5.11 Å². The zero-order valence-corrected chi connectivity index (χ0v) is 12.8. The van der Waals surface area contributed by atoms with Crippen LogP contribution in [0.5, 0.6) is 5.75 Å². The van der Waals surface area contributed by atoms with Gasteiger partial charge in [0.1, 0.15) is 11.3 Å².